The highest BCUT2D eigenvalue weighted by atomic mass is 16.6. The zero-order valence-electron chi connectivity index (χ0n) is 24.1. The molecular formula is C34H51NO2. The molecule has 0 bridgehead atoms. The summed E-state index contributed by atoms with van der Waals surface area (Å²) in [6, 6.07) is 9.62. The molecule has 0 aliphatic heterocycles. The largest absolute Gasteiger partial charge is 0.446 e. The van der Waals surface area contributed by atoms with E-state index in [2.05, 4.69) is 46.0 Å². The summed E-state index contributed by atoms with van der Waals surface area (Å²) in [5, 5.41) is 2.90. The topological polar surface area (TPSA) is 38.3 Å². The van der Waals surface area contributed by atoms with Gasteiger partial charge < -0.3 is 4.74 Å². The summed E-state index contributed by atoms with van der Waals surface area (Å²) in [5.41, 5.74) is 3.21. The summed E-state index contributed by atoms with van der Waals surface area (Å²) in [5.74, 6) is 5.15. The molecule has 204 valence electrons. The maximum absolute atomic E-state index is 12.5. The Hall–Kier alpha value is -1.77. The smallest absolute Gasteiger partial charge is 0.411 e. The second-order valence-corrected chi connectivity index (χ2v) is 14.1. The van der Waals surface area contributed by atoms with Crippen molar-refractivity contribution in [1.29, 1.82) is 0 Å². The van der Waals surface area contributed by atoms with Gasteiger partial charge in [-0.2, -0.15) is 0 Å². The Morgan fingerprint density at radius 2 is 1.78 bits per heavy atom. The molecule has 1 N–H and O–H groups in total. The Morgan fingerprint density at radius 3 is 2.54 bits per heavy atom. The minimum absolute atomic E-state index is 0.00371. The molecule has 8 atom stereocenters. The molecule has 1 amide bonds. The third kappa shape index (κ3) is 5.26. The van der Waals surface area contributed by atoms with Gasteiger partial charge in [0.1, 0.15) is 6.10 Å². The number of hydrogen-bond acceptors (Lipinski definition) is 2. The highest BCUT2D eigenvalue weighted by molar-refractivity contribution is 5.84. The van der Waals surface area contributed by atoms with Gasteiger partial charge in [-0.3, -0.25) is 5.32 Å². The average molecular weight is 506 g/mol. The molecule has 0 saturated heterocycles. The highest BCUT2D eigenvalue weighted by Gasteiger charge is 2.59. The number of para-hydroxylation sites is 1. The van der Waals surface area contributed by atoms with Gasteiger partial charge in [0.2, 0.25) is 0 Å². The van der Waals surface area contributed by atoms with Crippen molar-refractivity contribution in [3.8, 4) is 0 Å². The zero-order valence-corrected chi connectivity index (χ0v) is 24.1. The quantitative estimate of drug-likeness (QED) is 0.375. The standard InChI is InChI=1S/C34H51NO2/c1-23(2)10-9-11-24(3)29-16-17-30-28-15-14-25-22-27(37-32(36)35-26-12-7-6-8-13-26)18-20-33(25,4)31(28)19-21-34(29,30)5/h6-8,12-14,23-24,27-31H,9-11,15-22H2,1-5H3,(H,35,36)/t24-,27+,28+,29-,30+,31+,33+,34-/m1/s1. The van der Waals surface area contributed by atoms with Crippen molar-refractivity contribution >= 4 is 11.8 Å². The predicted molar refractivity (Wildman–Crippen MR) is 153 cm³/mol. The van der Waals surface area contributed by atoms with E-state index in [0.717, 1.165) is 60.5 Å². The van der Waals surface area contributed by atoms with Crippen LogP contribution in [0.5, 0.6) is 0 Å². The molecule has 3 heteroatoms. The number of hydrogen-bond donors (Lipinski definition) is 1. The number of amides is 1. The van der Waals surface area contributed by atoms with E-state index in [1.54, 1.807) is 5.57 Å². The van der Waals surface area contributed by atoms with E-state index in [1.165, 1.54) is 51.4 Å². The summed E-state index contributed by atoms with van der Waals surface area (Å²) in [6.45, 7) is 12.5. The molecule has 1 aromatic rings. The summed E-state index contributed by atoms with van der Waals surface area (Å²) < 4.78 is 5.91. The van der Waals surface area contributed by atoms with Crippen molar-refractivity contribution < 1.29 is 9.53 Å². The van der Waals surface area contributed by atoms with Crippen LogP contribution in [0.1, 0.15) is 105 Å². The van der Waals surface area contributed by atoms with Crippen molar-refractivity contribution in [2.45, 2.75) is 111 Å². The Kier molecular flexibility index (Phi) is 7.81. The molecule has 0 aromatic heterocycles. The number of ether oxygens (including phenoxy) is 1. The lowest BCUT2D eigenvalue weighted by atomic mass is 9.47. The van der Waals surface area contributed by atoms with E-state index in [4.69, 9.17) is 4.74 Å². The minimum atomic E-state index is -0.318. The summed E-state index contributed by atoms with van der Waals surface area (Å²) in [7, 11) is 0. The van der Waals surface area contributed by atoms with Crippen LogP contribution >= 0.6 is 0 Å². The molecule has 3 saturated carbocycles. The Bertz CT molecular complexity index is 969. The number of fused-ring (bicyclic) bond motifs is 5. The van der Waals surface area contributed by atoms with E-state index < -0.39 is 0 Å². The van der Waals surface area contributed by atoms with Gasteiger partial charge in [0.15, 0.2) is 0 Å². The lowest BCUT2D eigenvalue weighted by Crippen LogP contribution is -2.51. The van der Waals surface area contributed by atoms with Crippen molar-refractivity contribution in [2.75, 3.05) is 5.32 Å². The van der Waals surface area contributed by atoms with E-state index in [0.29, 0.717) is 10.8 Å². The number of anilines is 1. The number of rotatable bonds is 7. The van der Waals surface area contributed by atoms with Crippen LogP contribution in [0, 0.1) is 46.3 Å². The Morgan fingerprint density at radius 1 is 1.00 bits per heavy atom. The molecule has 1 aromatic carbocycles. The van der Waals surface area contributed by atoms with Crippen LogP contribution < -0.4 is 5.32 Å². The van der Waals surface area contributed by atoms with Crippen LogP contribution in [-0.4, -0.2) is 12.2 Å². The third-order valence-electron chi connectivity index (χ3n) is 11.6. The first-order valence-electron chi connectivity index (χ1n) is 15.4. The SMILES string of the molecule is CC(C)CCC[C@@H](C)[C@H]1CC[C@H]2[C@@H]3CC=C4C[C@@H](OC(=O)Nc5ccccc5)CC[C@]4(C)[C@H]3CC[C@]12C. The second kappa shape index (κ2) is 10.8. The van der Waals surface area contributed by atoms with Crippen LogP contribution in [0.2, 0.25) is 0 Å². The monoisotopic (exact) mass is 505 g/mol. The summed E-state index contributed by atoms with van der Waals surface area (Å²) >= 11 is 0. The lowest BCUT2D eigenvalue weighted by Gasteiger charge is -2.58. The van der Waals surface area contributed by atoms with Gasteiger partial charge in [-0.1, -0.05) is 83.7 Å². The van der Waals surface area contributed by atoms with Gasteiger partial charge in [0.05, 0.1) is 0 Å². The lowest BCUT2D eigenvalue weighted by molar-refractivity contribution is -0.0577. The van der Waals surface area contributed by atoms with Gasteiger partial charge in [-0.25, -0.2) is 4.79 Å². The number of carbonyl (C=O) groups excluding carboxylic acids is 1. The maximum Gasteiger partial charge on any atom is 0.411 e. The van der Waals surface area contributed by atoms with E-state index >= 15 is 0 Å². The molecule has 0 heterocycles. The van der Waals surface area contributed by atoms with E-state index in [-0.39, 0.29) is 12.2 Å². The number of nitrogens with one attached hydrogen (secondary N) is 1. The molecule has 5 rings (SSSR count). The van der Waals surface area contributed by atoms with E-state index in [1.807, 2.05) is 30.3 Å². The first kappa shape index (κ1) is 26.8. The predicted octanol–water partition coefficient (Wildman–Crippen LogP) is 9.65. The van der Waals surface area contributed by atoms with Crippen molar-refractivity contribution in [3.05, 3.63) is 42.0 Å². The Labute approximate surface area is 226 Å². The molecule has 4 aliphatic rings. The summed E-state index contributed by atoms with van der Waals surface area (Å²) in [6.07, 6.45) is 16.5. The van der Waals surface area contributed by atoms with Crippen molar-refractivity contribution in [2.24, 2.45) is 46.3 Å². The Balaban J connectivity index is 1.22. The van der Waals surface area contributed by atoms with Crippen LogP contribution in [-0.2, 0) is 4.74 Å². The van der Waals surface area contributed by atoms with Gasteiger partial charge in [-0.05, 0) is 103 Å². The molecule has 4 aliphatic carbocycles. The average Bonchev–Trinajstić information content (AvgIpc) is 3.22. The molecular weight excluding hydrogens is 454 g/mol. The molecule has 3 nitrogen and oxygen atoms in total. The number of carbonyl (C=O) groups is 1. The van der Waals surface area contributed by atoms with Crippen molar-refractivity contribution in [1.82, 2.24) is 0 Å². The summed E-state index contributed by atoms with van der Waals surface area (Å²) in [4.78, 5) is 12.5. The molecule has 0 spiro atoms. The molecule has 0 unspecified atom stereocenters. The van der Waals surface area contributed by atoms with Gasteiger partial charge >= 0.3 is 6.09 Å². The first-order valence-corrected chi connectivity index (χ1v) is 15.4. The fourth-order valence-electron chi connectivity index (χ4n) is 9.57. The van der Waals surface area contributed by atoms with E-state index in [9.17, 15) is 4.79 Å². The third-order valence-corrected chi connectivity index (χ3v) is 11.6. The second-order valence-electron chi connectivity index (χ2n) is 14.1. The first-order chi connectivity index (χ1) is 17.7. The van der Waals surface area contributed by atoms with Gasteiger partial charge in [0.25, 0.3) is 0 Å². The van der Waals surface area contributed by atoms with Gasteiger partial charge in [0, 0.05) is 12.1 Å². The number of benzene rings is 1. The molecule has 0 radical (unpaired) electrons. The normalized spacial score (nSPS) is 37.7. The molecule has 37 heavy (non-hydrogen) atoms. The zero-order chi connectivity index (χ0) is 26.2. The fourth-order valence-corrected chi connectivity index (χ4v) is 9.57. The van der Waals surface area contributed by atoms with Crippen LogP contribution in [0.25, 0.3) is 0 Å². The van der Waals surface area contributed by atoms with Gasteiger partial charge in [-0.15, -0.1) is 0 Å². The maximum atomic E-state index is 12.5. The molecule has 3 fully saturated rings. The van der Waals surface area contributed by atoms with Crippen LogP contribution in [0.15, 0.2) is 42.0 Å². The van der Waals surface area contributed by atoms with Crippen LogP contribution in [0.3, 0.4) is 0 Å². The number of allylic oxidation sites excluding steroid dienone is 1. The highest BCUT2D eigenvalue weighted by Crippen LogP contribution is 2.67. The van der Waals surface area contributed by atoms with Crippen molar-refractivity contribution in [3.63, 3.8) is 0 Å². The minimum Gasteiger partial charge on any atom is -0.446 e. The van der Waals surface area contributed by atoms with Crippen LogP contribution in [0.4, 0.5) is 10.5 Å². The fraction of sp³-hybridized carbons (Fsp3) is 0.735.